The first-order valence-electron chi connectivity index (χ1n) is 21.1. The smallest absolute Gasteiger partial charge is 0.744 e. The first-order valence-corrected chi connectivity index (χ1v) is 23.5. The monoisotopic (exact) mass is 1010 g/mol. The van der Waals surface area contributed by atoms with Gasteiger partial charge in [0.25, 0.3) is 0 Å². The van der Waals surface area contributed by atoms with Crippen LogP contribution in [0.3, 0.4) is 0 Å². The number of methoxy groups -OCH3 is 2. The molecular formula is C46H52N10Na2O10S2. The molecule has 0 aliphatic heterocycles. The van der Waals surface area contributed by atoms with Gasteiger partial charge in [0.1, 0.15) is 21.8 Å². The average molecular weight is 1020 g/mol. The molecule has 0 aliphatic rings. The van der Waals surface area contributed by atoms with Crippen molar-refractivity contribution in [2.75, 3.05) is 75.1 Å². The molecule has 0 aliphatic carbocycles. The number of hydrogen-bond acceptors (Lipinski definition) is 20. The Bertz CT molecular complexity index is 2770. The molecule has 0 radical (unpaired) electrons. The summed E-state index contributed by atoms with van der Waals surface area (Å²) in [5, 5.41) is 12.9. The third kappa shape index (κ3) is 22.1. The average Bonchev–Trinajstić information content (AvgIpc) is 3.29. The maximum Gasteiger partial charge on any atom is 1.00 e. The Morgan fingerprint density at radius 3 is 1.63 bits per heavy atom. The van der Waals surface area contributed by atoms with Crippen molar-refractivity contribution >= 4 is 68.0 Å². The van der Waals surface area contributed by atoms with Gasteiger partial charge in [-0.3, -0.25) is 0 Å². The number of anilines is 6. The van der Waals surface area contributed by atoms with E-state index in [4.69, 9.17) is 31.6 Å². The quantitative estimate of drug-likeness (QED) is 0.0186. The molecule has 0 fully saturated rings. The van der Waals surface area contributed by atoms with Crippen LogP contribution in [0.15, 0.2) is 102 Å². The molecule has 2 heterocycles. The van der Waals surface area contributed by atoms with Gasteiger partial charge in [-0.1, -0.05) is 60.7 Å². The van der Waals surface area contributed by atoms with E-state index < -0.39 is 25.6 Å². The van der Waals surface area contributed by atoms with Gasteiger partial charge in [-0.2, -0.15) is 35.5 Å². The molecule has 6 aromatic rings. The molecule has 0 spiro atoms. The zero-order chi connectivity index (χ0) is 48.7. The topological polar surface area (TPSA) is 271 Å². The Morgan fingerprint density at radius 2 is 1.13 bits per heavy atom. The molecule has 4 N–H and O–H groups in total. The van der Waals surface area contributed by atoms with Gasteiger partial charge >= 0.3 is 69.7 Å². The number of rotatable bonds is 25. The molecule has 20 nitrogen and oxygen atoms in total. The third-order valence-electron chi connectivity index (χ3n) is 9.19. The fourth-order valence-corrected chi connectivity index (χ4v) is 6.83. The van der Waals surface area contributed by atoms with Gasteiger partial charge in [-0.05, 0) is 55.7 Å². The predicted octanol–water partition coefficient (Wildman–Crippen LogP) is -0.469. The van der Waals surface area contributed by atoms with Crippen LogP contribution in [-0.4, -0.2) is 121 Å². The van der Waals surface area contributed by atoms with Crippen LogP contribution in [0.1, 0.15) is 47.8 Å². The number of aromatic nitrogens is 6. The molecule has 70 heavy (non-hydrogen) atoms. The summed E-state index contributed by atoms with van der Waals surface area (Å²) in [6.45, 7) is 6.61. The summed E-state index contributed by atoms with van der Waals surface area (Å²) in [5.74, 6) is 2.24. The third-order valence-corrected chi connectivity index (χ3v) is 10.1. The molecule has 0 saturated carbocycles. The maximum atomic E-state index is 12.6. The second-order valence-corrected chi connectivity index (χ2v) is 16.6. The Hall–Kier alpha value is -4.79. The van der Waals surface area contributed by atoms with Gasteiger partial charge in [-0.15, -0.1) is 48.5 Å². The van der Waals surface area contributed by atoms with E-state index in [1.807, 2.05) is 92.7 Å². The summed E-state index contributed by atoms with van der Waals surface area (Å²) < 4.78 is 84.6. The van der Waals surface area contributed by atoms with E-state index in [2.05, 4.69) is 57.2 Å². The van der Waals surface area contributed by atoms with Crippen LogP contribution >= 0.6 is 0 Å². The first kappa shape index (κ1) is 59.5. The van der Waals surface area contributed by atoms with E-state index in [1.165, 1.54) is 6.07 Å². The largest absolute Gasteiger partial charge is 1.00 e. The van der Waals surface area contributed by atoms with Gasteiger partial charge in [0.05, 0.1) is 44.5 Å². The van der Waals surface area contributed by atoms with Crippen molar-refractivity contribution < 1.29 is 104 Å². The summed E-state index contributed by atoms with van der Waals surface area (Å²) in [5.41, 5.74) is 3.85. The maximum absolute atomic E-state index is 12.6. The van der Waals surface area contributed by atoms with Crippen molar-refractivity contribution in [3.05, 3.63) is 137 Å². The van der Waals surface area contributed by atoms with Gasteiger partial charge in [0.15, 0.2) is 0 Å². The minimum atomic E-state index is -4.90. The number of para-hydroxylation sites is 1. The van der Waals surface area contributed by atoms with E-state index in [0.717, 1.165) is 16.8 Å². The van der Waals surface area contributed by atoms with Gasteiger partial charge in [0.2, 0.25) is 23.8 Å². The fraction of sp³-hybridized carbons (Fsp3) is 0.304. The molecule has 24 heteroatoms. The molecule has 4 aromatic carbocycles. The number of benzene rings is 4. The van der Waals surface area contributed by atoms with Crippen LogP contribution in [0.25, 0.3) is 12.2 Å². The molecule has 360 valence electrons. The van der Waals surface area contributed by atoms with Crippen LogP contribution in [0.4, 0.5) is 35.2 Å². The zero-order valence-corrected chi connectivity index (χ0v) is 45.4. The van der Waals surface area contributed by atoms with Crippen LogP contribution in [0.5, 0.6) is 0 Å². The fourth-order valence-electron chi connectivity index (χ4n) is 6.14. The molecule has 0 bridgehead atoms. The summed E-state index contributed by atoms with van der Waals surface area (Å²) in [6.07, 6.45) is 4.04. The standard InChI is InChI=1S/C46H53N10O7S.2Na.O3S/c1-32(30-62-25-23-60-3)47-43-52-42(53-45(55-43)49-38-13-9-6-10-14-38)28-36-17-15-34(16-18-36)19-20-37-21-22-39(29-40(37)64(57,58)59)50-46-54-41(27-35-11-7-5-8-12-35)51-44(56-46)48-33(2)31-63-26-24-61-4;;;1-4(2)3/h5-15,17-22,29,32-33H,23-28,30-31H2,1-4H3,(H,57,58,59)(H2,47,49,52,53,55)(H2,48,50,51,54,56);;;/q-1;2*+1;/p-1/b20-19+;;;. The summed E-state index contributed by atoms with van der Waals surface area (Å²) in [4.78, 5) is 27.3. The Labute approximate surface area is 453 Å². The number of ether oxygens (including phenoxy) is 4. The normalized spacial score (nSPS) is 11.8. The number of nitrogens with zero attached hydrogens (tertiary/aromatic N) is 6. The second-order valence-electron chi connectivity index (χ2n) is 14.9. The Kier molecular flexibility index (Phi) is 26.8. The van der Waals surface area contributed by atoms with Crippen LogP contribution < -0.4 is 80.4 Å². The van der Waals surface area contributed by atoms with E-state index >= 15 is 0 Å². The zero-order valence-electron chi connectivity index (χ0n) is 39.8. The molecule has 2 unspecified atom stereocenters. The molecule has 0 saturated heterocycles. The van der Waals surface area contributed by atoms with Crippen molar-refractivity contribution in [3.63, 3.8) is 0 Å². The molecule has 2 atom stereocenters. The van der Waals surface area contributed by atoms with Crippen molar-refractivity contribution in [1.82, 2.24) is 29.9 Å². The second kappa shape index (κ2) is 31.5. The Balaban J connectivity index is 0.00000208. The van der Waals surface area contributed by atoms with Crippen LogP contribution in [0.2, 0.25) is 0 Å². The predicted molar refractivity (Wildman–Crippen MR) is 255 cm³/mol. The van der Waals surface area contributed by atoms with Crippen LogP contribution in [-0.2, 0) is 52.5 Å². The van der Waals surface area contributed by atoms with E-state index in [1.54, 1.807) is 38.5 Å². The molecule has 2 aromatic heterocycles. The minimum absolute atomic E-state index is 0. The van der Waals surface area contributed by atoms with Crippen LogP contribution in [0, 0.1) is 6.07 Å². The number of hydrogen-bond donors (Lipinski definition) is 4. The minimum Gasteiger partial charge on any atom is -0.744 e. The van der Waals surface area contributed by atoms with Gasteiger partial charge < -0.3 is 44.8 Å². The van der Waals surface area contributed by atoms with Crippen molar-refractivity contribution in [1.29, 1.82) is 0 Å². The van der Waals surface area contributed by atoms with Crippen molar-refractivity contribution in [2.24, 2.45) is 0 Å². The van der Waals surface area contributed by atoms with E-state index in [9.17, 15) is 13.0 Å². The Morgan fingerprint density at radius 1 is 0.629 bits per heavy atom. The number of nitrogens with one attached hydrogen (secondary N) is 4. The summed E-state index contributed by atoms with van der Waals surface area (Å²) in [6, 6.07) is 32.3. The van der Waals surface area contributed by atoms with Crippen molar-refractivity contribution in [3.8, 4) is 0 Å². The molecule has 6 rings (SSSR count). The first-order chi connectivity index (χ1) is 32.8. The van der Waals surface area contributed by atoms with Gasteiger partial charge in [-0.25, -0.2) is 8.42 Å². The van der Waals surface area contributed by atoms with Crippen molar-refractivity contribution in [2.45, 2.75) is 43.7 Å². The van der Waals surface area contributed by atoms with E-state index in [-0.39, 0.29) is 82.7 Å². The van der Waals surface area contributed by atoms with Gasteiger partial charge in [0, 0.05) is 44.1 Å². The molecule has 0 amide bonds. The summed E-state index contributed by atoms with van der Waals surface area (Å²) >= 11 is 0. The SMILES string of the molecule is COCCOCC(C)Nc1nc(Cc2c[c-]c(/C=C/c3ccc(Nc4nc(Cc5ccccc5)nc(NC(C)COCCOC)n4)cc3S(=O)(=O)[O-])cc2)nc(Nc2ccccc2)n1.O=S(=O)=O.[Na+].[Na+]. The van der Waals surface area contributed by atoms with E-state index in [0.29, 0.717) is 93.2 Å². The summed E-state index contributed by atoms with van der Waals surface area (Å²) in [7, 11) is -4.78. The molecular weight excluding hydrogens is 963 g/mol.